The third kappa shape index (κ3) is 2.94. The highest BCUT2D eigenvalue weighted by Gasteiger charge is 2.26. The van der Waals surface area contributed by atoms with Crippen LogP contribution in [0.1, 0.15) is 48.4 Å². The van der Waals surface area contributed by atoms with Crippen molar-refractivity contribution in [3.05, 3.63) is 35.4 Å². The molecule has 6 heteroatoms. The number of aromatic nitrogens is 4. The lowest BCUT2D eigenvalue weighted by molar-refractivity contribution is 0.0991. The molecule has 2 aromatic heterocycles. The monoisotopic (exact) mass is 287 g/mol. The Balaban J connectivity index is 2.38. The van der Waals surface area contributed by atoms with E-state index in [9.17, 15) is 4.79 Å². The molecule has 0 spiro atoms. The summed E-state index contributed by atoms with van der Waals surface area (Å²) in [5.41, 5.74) is 2.96. The van der Waals surface area contributed by atoms with Gasteiger partial charge in [-0.2, -0.15) is 15.3 Å². The number of amides is 1. The Morgan fingerprint density at radius 2 is 2.00 bits per heavy atom. The number of nitrogens with zero attached hydrogens (tertiary/aromatic N) is 4. The number of hydrogen-bond acceptors (Lipinski definition) is 4. The van der Waals surface area contributed by atoms with E-state index in [0.29, 0.717) is 17.2 Å². The first-order chi connectivity index (χ1) is 9.93. The van der Waals surface area contributed by atoms with Crippen molar-refractivity contribution in [3.8, 4) is 0 Å². The van der Waals surface area contributed by atoms with E-state index < -0.39 is 0 Å². The van der Waals surface area contributed by atoms with Crippen molar-refractivity contribution in [2.45, 2.75) is 33.6 Å². The van der Waals surface area contributed by atoms with Gasteiger partial charge in [0.2, 0.25) is 0 Å². The third-order valence-electron chi connectivity index (χ3n) is 3.88. The van der Waals surface area contributed by atoms with E-state index in [0.717, 1.165) is 11.4 Å². The van der Waals surface area contributed by atoms with Gasteiger partial charge >= 0.3 is 0 Å². The summed E-state index contributed by atoms with van der Waals surface area (Å²) in [4.78, 5) is 14.4. The Bertz CT molecular complexity index is 620. The van der Waals surface area contributed by atoms with Crippen LogP contribution in [0.15, 0.2) is 18.5 Å². The van der Waals surface area contributed by atoms with Crippen LogP contribution in [0.2, 0.25) is 0 Å². The molecule has 0 aliphatic carbocycles. The average Bonchev–Trinajstić information content (AvgIpc) is 2.87. The normalized spacial score (nSPS) is 12.5. The molecule has 6 nitrogen and oxygen atoms in total. The Hall–Kier alpha value is -2.24. The summed E-state index contributed by atoms with van der Waals surface area (Å²) >= 11 is 0. The summed E-state index contributed by atoms with van der Waals surface area (Å²) < 4.78 is 0. The molecule has 0 radical (unpaired) electrons. The number of hydrogen-bond donors (Lipinski definition) is 1. The molecule has 1 unspecified atom stereocenters. The SMILES string of the molecule is Cc1[nH]nc(C(C)C(C)C)c1C(=O)N(C)c1ccnnc1. The summed E-state index contributed by atoms with van der Waals surface area (Å²) in [6.07, 6.45) is 3.14. The Morgan fingerprint density at radius 1 is 1.29 bits per heavy atom. The molecule has 0 saturated carbocycles. The molecule has 2 aromatic rings. The van der Waals surface area contributed by atoms with Crippen LogP contribution in [0.5, 0.6) is 0 Å². The molecule has 112 valence electrons. The van der Waals surface area contributed by atoms with Crippen molar-refractivity contribution in [3.63, 3.8) is 0 Å². The van der Waals surface area contributed by atoms with E-state index in [1.807, 2.05) is 6.92 Å². The minimum Gasteiger partial charge on any atom is -0.310 e. The summed E-state index contributed by atoms with van der Waals surface area (Å²) in [7, 11) is 1.73. The fourth-order valence-corrected chi connectivity index (χ4v) is 2.13. The molecule has 0 saturated heterocycles. The van der Waals surface area contributed by atoms with Gasteiger partial charge in [0.15, 0.2) is 0 Å². The van der Waals surface area contributed by atoms with Crippen LogP contribution >= 0.6 is 0 Å². The first kappa shape index (κ1) is 15.2. The van der Waals surface area contributed by atoms with Gasteiger partial charge in [0.1, 0.15) is 0 Å². The Labute approximate surface area is 124 Å². The van der Waals surface area contributed by atoms with Crippen molar-refractivity contribution in [1.29, 1.82) is 0 Å². The lowest BCUT2D eigenvalue weighted by Crippen LogP contribution is -2.28. The van der Waals surface area contributed by atoms with Crippen LogP contribution in [-0.4, -0.2) is 33.3 Å². The Morgan fingerprint density at radius 3 is 2.57 bits per heavy atom. The predicted octanol–water partition coefficient (Wildman–Crippen LogP) is 2.54. The second-order valence-electron chi connectivity index (χ2n) is 5.61. The second-order valence-corrected chi connectivity index (χ2v) is 5.61. The van der Waals surface area contributed by atoms with Gasteiger partial charge in [0.05, 0.1) is 29.3 Å². The third-order valence-corrected chi connectivity index (χ3v) is 3.88. The molecule has 1 amide bonds. The van der Waals surface area contributed by atoms with Crippen molar-refractivity contribution in [1.82, 2.24) is 20.4 Å². The van der Waals surface area contributed by atoms with Gasteiger partial charge in [-0.05, 0) is 18.9 Å². The molecule has 2 heterocycles. The maximum atomic E-state index is 12.8. The zero-order valence-corrected chi connectivity index (χ0v) is 13.1. The molecule has 0 aromatic carbocycles. The van der Waals surface area contributed by atoms with Crippen molar-refractivity contribution in [2.75, 3.05) is 11.9 Å². The number of aryl methyl sites for hydroxylation is 1. The van der Waals surface area contributed by atoms with Crippen molar-refractivity contribution in [2.24, 2.45) is 5.92 Å². The second kappa shape index (κ2) is 6.03. The summed E-state index contributed by atoms with van der Waals surface area (Å²) in [5.74, 6) is 0.529. The number of aromatic amines is 1. The highest BCUT2D eigenvalue weighted by molar-refractivity contribution is 6.07. The Kier molecular flexibility index (Phi) is 4.35. The van der Waals surface area contributed by atoms with Crippen molar-refractivity contribution >= 4 is 11.6 Å². The number of rotatable bonds is 4. The molecule has 0 bridgehead atoms. The van der Waals surface area contributed by atoms with Crippen LogP contribution < -0.4 is 4.90 Å². The number of anilines is 1. The molecule has 21 heavy (non-hydrogen) atoms. The first-order valence-corrected chi connectivity index (χ1v) is 7.03. The fourth-order valence-electron chi connectivity index (χ4n) is 2.13. The van der Waals surface area contributed by atoms with Crippen LogP contribution in [0, 0.1) is 12.8 Å². The maximum Gasteiger partial charge on any atom is 0.261 e. The van der Waals surface area contributed by atoms with E-state index in [1.54, 1.807) is 30.4 Å². The molecule has 0 aliphatic heterocycles. The van der Waals surface area contributed by atoms with E-state index in [1.165, 1.54) is 0 Å². The van der Waals surface area contributed by atoms with Gasteiger partial charge in [-0.25, -0.2) is 0 Å². The molecule has 2 rings (SSSR count). The number of nitrogens with one attached hydrogen (secondary N) is 1. The van der Waals surface area contributed by atoms with Gasteiger partial charge in [-0.1, -0.05) is 20.8 Å². The minimum atomic E-state index is -0.0863. The molecular weight excluding hydrogens is 266 g/mol. The van der Waals surface area contributed by atoms with Crippen LogP contribution in [-0.2, 0) is 0 Å². The van der Waals surface area contributed by atoms with Crippen LogP contribution in [0.3, 0.4) is 0 Å². The fraction of sp³-hybridized carbons (Fsp3) is 0.467. The standard InChI is InChI=1S/C15H21N5O/c1-9(2)10(3)14-13(11(4)18-19-14)15(21)20(5)12-6-7-16-17-8-12/h6-10H,1-5H3,(H,18,19). The largest absolute Gasteiger partial charge is 0.310 e. The highest BCUT2D eigenvalue weighted by atomic mass is 16.2. The van der Waals surface area contributed by atoms with Gasteiger partial charge in [0.25, 0.3) is 5.91 Å². The summed E-state index contributed by atoms with van der Waals surface area (Å²) in [6, 6.07) is 1.76. The molecule has 1 N–H and O–H groups in total. The zero-order chi connectivity index (χ0) is 15.6. The van der Waals surface area contributed by atoms with Gasteiger partial charge < -0.3 is 4.90 Å². The molecule has 1 atom stereocenters. The first-order valence-electron chi connectivity index (χ1n) is 7.03. The van der Waals surface area contributed by atoms with Gasteiger partial charge in [-0.15, -0.1) is 0 Å². The number of carbonyl (C=O) groups excluding carboxylic acids is 1. The van der Waals surface area contributed by atoms with E-state index in [2.05, 4.69) is 41.2 Å². The van der Waals surface area contributed by atoms with Gasteiger partial charge in [0, 0.05) is 18.7 Å². The van der Waals surface area contributed by atoms with E-state index in [-0.39, 0.29) is 11.8 Å². The van der Waals surface area contributed by atoms with E-state index >= 15 is 0 Å². The van der Waals surface area contributed by atoms with Crippen LogP contribution in [0.25, 0.3) is 0 Å². The lowest BCUT2D eigenvalue weighted by atomic mass is 9.91. The maximum absolute atomic E-state index is 12.8. The molecule has 0 aliphatic rings. The minimum absolute atomic E-state index is 0.0863. The lowest BCUT2D eigenvalue weighted by Gasteiger charge is -2.19. The van der Waals surface area contributed by atoms with Crippen molar-refractivity contribution < 1.29 is 4.79 Å². The number of carbonyl (C=O) groups is 1. The molecule has 0 fully saturated rings. The van der Waals surface area contributed by atoms with E-state index in [4.69, 9.17) is 0 Å². The number of H-pyrrole nitrogens is 1. The predicted molar refractivity (Wildman–Crippen MR) is 81.3 cm³/mol. The highest BCUT2D eigenvalue weighted by Crippen LogP contribution is 2.28. The van der Waals surface area contributed by atoms with Crippen LogP contribution in [0.4, 0.5) is 5.69 Å². The average molecular weight is 287 g/mol. The van der Waals surface area contributed by atoms with Gasteiger partial charge in [-0.3, -0.25) is 9.89 Å². The summed E-state index contributed by atoms with van der Waals surface area (Å²) in [5, 5.41) is 14.8. The topological polar surface area (TPSA) is 74.8 Å². The smallest absolute Gasteiger partial charge is 0.261 e. The summed E-state index contributed by atoms with van der Waals surface area (Å²) in [6.45, 7) is 8.21. The molecular formula is C15H21N5O. The quantitative estimate of drug-likeness (QED) is 0.937. The zero-order valence-electron chi connectivity index (χ0n) is 13.1.